The molecule has 1 aliphatic carbocycles. The number of nitrogens with one attached hydrogen (secondary N) is 2. The summed E-state index contributed by atoms with van der Waals surface area (Å²) in [6, 6.07) is 7.17. The lowest BCUT2D eigenvalue weighted by Crippen LogP contribution is -2.23. The molecular formula is C12H15BrN2O3S. The molecule has 0 bridgehead atoms. The summed E-state index contributed by atoms with van der Waals surface area (Å²) in [5.74, 6) is 0.189. The number of amides is 1. The van der Waals surface area contributed by atoms with Gasteiger partial charge in [-0.2, -0.15) is 0 Å². The molecule has 5 nitrogen and oxygen atoms in total. The van der Waals surface area contributed by atoms with Crippen molar-refractivity contribution in [1.29, 1.82) is 0 Å². The van der Waals surface area contributed by atoms with E-state index in [9.17, 15) is 13.2 Å². The molecule has 0 radical (unpaired) electrons. The number of anilines is 1. The summed E-state index contributed by atoms with van der Waals surface area (Å²) in [4.78, 5) is 11.6. The van der Waals surface area contributed by atoms with Gasteiger partial charge in [-0.15, -0.1) is 0 Å². The highest BCUT2D eigenvalue weighted by atomic mass is 79.9. The van der Waals surface area contributed by atoms with E-state index in [0.29, 0.717) is 5.69 Å². The first-order valence-corrected chi connectivity index (χ1v) is 8.70. The molecule has 2 rings (SSSR count). The maximum Gasteiger partial charge on any atom is 0.227 e. The van der Waals surface area contributed by atoms with Gasteiger partial charge in [0, 0.05) is 18.2 Å². The minimum Gasteiger partial charge on any atom is -0.326 e. The molecule has 0 heterocycles. The Hall–Kier alpha value is -0.920. The van der Waals surface area contributed by atoms with Crippen LogP contribution in [0.15, 0.2) is 24.3 Å². The fraction of sp³-hybridized carbons (Fsp3) is 0.417. The minimum absolute atomic E-state index is 0.0400. The summed E-state index contributed by atoms with van der Waals surface area (Å²) in [6.07, 6.45) is 1.91. The summed E-state index contributed by atoms with van der Waals surface area (Å²) in [6.45, 7) is 0.209. The maximum atomic E-state index is 11.6. The summed E-state index contributed by atoms with van der Waals surface area (Å²) in [7, 11) is -3.28. The number of halogens is 1. The Morgan fingerprint density at radius 1 is 1.37 bits per heavy atom. The predicted octanol–water partition coefficient (Wildman–Crippen LogP) is 1.81. The smallest absolute Gasteiger partial charge is 0.227 e. The molecule has 0 atom stereocenters. The fourth-order valence-corrected chi connectivity index (χ4v) is 2.53. The van der Waals surface area contributed by atoms with Crippen molar-refractivity contribution in [3.63, 3.8) is 0 Å². The van der Waals surface area contributed by atoms with E-state index in [1.165, 1.54) is 0 Å². The molecule has 1 fully saturated rings. The van der Waals surface area contributed by atoms with Crippen molar-refractivity contribution in [3.8, 4) is 0 Å². The third kappa shape index (κ3) is 4.59. The highest BCUT2D eigenvalue weighted by Crippen LogP contribution is 2.30. The lowest BCUT2D eigenvalue weighted by Gasteiger charge is -2.08. The monoisotopic (exact) mass is 346 g/mol. The van der Waals surface area contributed by atoms with Gasteiger partial charge in [-0.25, -0.2) is 13.1 Å². The zero-order valence-electron chi connectivity index (χ0n) is 10.2. The highest BCUT2D eigenvalue weighted by Gasteiger charge is 2.29. The average Bonchev–Trinajstić information content (AvgIpc) is 3.21. The van der Waals surface area contributed by atoms with Gasteiger partial charge in [0.05, 0.1) is 0 Å². The quantitative estimate of drug-likeness (QED) is 0.771. The van der Waals surface area contributed by atoms with Crippen molar-refractivity contribution >= 4 is 37.5 Å². The minimum atomic E-state index is -3.28. The van der Waals surface area contributed by atoms with Crippen molar-refractivity contribution < 1.29 is 13.2 Å². The van der Waals surface area contributed by atoms with Gasteiger partial charge in [-0.1, -0.05) is 28.1 Å². The molecule has 1 aliphatic rings. The lowest BCUT2D eigenvalue weighted by molar-refractivity contribution is -0.117. The third-order valence-electron chi connectivity index (χ3n) is 2.78. The first-order valence-electron chi connectivity index (χ1n) is 5.93. The summed E-state index contributed by atoms with van der Waals surface area (Å²) < 4.78 is 24.9. The largest absolute Gasteiger partial charge is 0.326 e. The van der Waals surface area contributed by atoms with Crippen LogP contribution >= 0.6 is 15.9 Å². The van der Waals surface area contributed by atoms with Gasteiger partial charge >= 0.3 is 0 Å². The molecular weight excluding hydrogens is 332 g/mol. The van der Waals surface area contributed by atoms with Crippen LogP contribution in [0.2, 0.25) is 0 Å². The second-order valence-corrected chi connectivity index (χ2v) is 7.62. The number of alkyl halides is 1. The molecule has 0 aliphatic heterocycles. The number of carbonyl (C=O) groups is 1. The van der Waals surface area contributed by atoms with Crippen LogP contribution in [0.4, 0.5) is 5.69 Å². The highest BCUT2D eigenvalue weighted by molar-refractivity contribution is 9.10. The SMILES string of the molecule is O=C(Nc1cccc(CNS(=O)(=O)CBr)c1)C1CC1. The second-order valence-electron chi connectivity index (χ2n) is 4.51. The summed E-state index contributed by atoms with van der Waals surface area (Å²) >= 11 is 2.91. The van der Waals surface area contributed by atoms with Crippen LogP contribution in [-0.2, 0) is 21.4 Å². The summed E-state index contributed by atoms with van der Waals surface area (Å²) in [5, 5.41) is 2.83. The Labute approximate surface area is 121 Å². The Morgan fingerprint density at radius 2 is 2.11 bits per heavy atom. The van der Waals surface area contributed by atoms with E-state index in [1.807, 2.05) is 6.07 Å². The van der Waals surface area contributed by atoms with Crippen molar-refractivity contribution in [3.05, 3.63) is 29.8 Å². The molecule has 1 saturated carbocycles. The first kappa shape index (κ1) is 14.5. The van der Waals surface area contributed by atoms with Gasteiger partial charge < -0.3 is 5.32 Å². The number of hydrogen-bond acceptors (Lipinski definition) is 3. The molecule has 0 saturated heterocycles. The standard InChI is InChI=1S/C12H15BrN2O3S/c13-8-19(17,18)14-7-9-2-1-3-11(6-9)15-12(16)10-4-5-10/h1-3,6,10,14H,4-5,7-8H2,(H,15,16). The van der Waals surface area contributed by atoms with E-state index >= 15 is 0 Å². The molecule has 2 N–H and O–H groups in total. The van der Waals surface area contributed by atoms with Crippen molar-refractivity contribution in [1.82, 2.24) is 4.72 Å². The molecule has 1 aromatic carbocycles. The Bertz CT molecular complexity index is 570. The maximum absolute atomic E-state index is 11.6. The van der Waals surface area contributed by atoms with E-state index in [4.69, 9.17) is 0 Å². The van der Waals surface area contributed by atoms with Crippen molar-refractivity contribution in [2.45, 2.75) is 19.4 Å². The normalized spacial score (nSPS) is 15.2. The van der Waals surface area contributed by atoms with Gasteiger partial charge in [0.2, 0.25) is 15.9 Å². The predicted molar refractivity (Wildman–Crippen MR) is 77.3 cm³/mol. The molecule has 1 amide bonds. The number of carbonyl (C=O) groups excluding carboxylic acids is 1. The zero-order valence-corrected chi connectivity index (χ0v) is 12.6. The number of sulfonamides is 1. The molecule has 0 spiro atoms. The Morgan fingerprint density at radius 3 is 2.74 bits per heavy atom. The van der Waals surface area contributed by atoms with Crippen LogP contribution < -0.4 is 10.0 Å². The van der Waals surface area contributed by atoms with Crippen molar-refractivity contribution in [2.24, 2.45) is 5.92 Å². The van der Waals surface area contributed by atoms with E-state index in [1.54, 1.807) is 18.2 Å². The van der Waals surface area contributed by atoms with E-state index in [0.717, 1.165) is 18.4 Å². The van der Waals surface area contributed by atoms with Gasteiger partial charge in [-0.05, 0) is 30.5 Å². The van der Waals surface area contributed by atoms with Gasteiger partial charge in [0.25, 0.3) is 0 Å². The lowest BCUT2D eigenvalue weighted by atomic mass is 10.2. The first-order chi connectivity index (χ1) is 9.00. The van der Waals surface area contributed by atoms with Crippen LogP contribution in [0.5, 0.6) is 0 Å². The van der Waals surface area contributed by atoms with Gasteiger partial charge in [-0.3, -0.25) is 4.79 Å². The molecule has 7 heteroatoms. The number of benzene rings is 1. The average molecular weight is 347 g/mol. The van der Waals surface area contributed by atoms with Crippen LogP contribution in [-0.4, -0.2) is 19.0 Å². The zero-order chi connectivity index (χ0) is 13.9. The third-order valence-corrected chi connectivity index (χ3v) is 5.46. The fourth-order valence-electron chi connectivity index (χ4n) is 1.58. The van der Waals surface area contributed by atoms with Crippen LogP contribution in [0.3, 0.4) is 0 Å². The second kappa shape index (κ2) is 6.02. The number of rotatable bonds is 6. The van der Waals surface area contributed by atoms with Gasteiger partial charge in [0.15, 0.2) is 0 Å². The molecule has 19 heavy (non-hydrogen) atoms. The Balaban J connectivity index is 1.96. The topological polar surface area (TPSA) is 75.3 Å². The van der Waals surface area contributed by atoms with E-state index in [-0.39, 0.29) is 23.0 Å². The van der Waals surface area contributed by atoms with Crippen molar-refractivity contribution in [2.75, 3.05) is 9.98 Å². The Kier molecular flexibility index (Phi) is 4.59. The van der Waals surface area contributed by atoms with Gasteiger partial charge in [0.1, 0.15) is 4.66 Å². The van der Waals surface area contributed by atoms with Crippen LogP contribution in [0, 0.1) is 5.92 Å². The van der Waals surface area contributed by atoms with E-state index in [2.05, 4.69) is 26.0 Å². The molecule has 104 valence electrons. The van der Waals surface area contributed by atoms with E-state index < -0.39 is 10.0 Å². The van der Waals surface area contributed by atoms with Crippen LogP contribution in [0.25, 0.3) is 0 Å². The molecule has 1 aromatic rings. The van der Waals surface area contributed by atoms with Crippen LogP contribution in [0.1, 0.15) is 18.4 Å². The number of hydrogen-bond donors (Lipinski definition) is 2. The molecule has 0 unspecified atom stereocenters. The summed E-state index contributed by atoms with van der Waals surface area (Å²) in [5.41, 5.74) is 1.51. The molecule has 0 aromatic heterocycles.